The Kier molecular flexibility index (Phi) is 11.3. The normalized spacial score (nSPS) is 11.0. The summed E-state index contributed by atoms with van der Waals surface area (Å²) in [5.41, 5.74) is 0. The molecule has 0 fully saturated rings. The van der Waals surface area contributed by atoms with Crippen LogP contribution < -0.4 is 5.32 Å². The lowest BCUT2D eigenvalue weighted by Crippen LogP contribution is -2.35. The number of likely N-dealkylation sites (N-methyl/N-ethyl adjacent to an activating group) is 1. The molecule has 0 bridgehead atoms. The molecule has 17 heavy (non-hydrogen) atoms. The van der Waals surface area contributed by atoms with E-state index >= 15 is 0 Å². The van der Waals surface area contributed by atoms with Crippen molar-refractivity contribution in [3.63, 3.8) is 0 Å². The summed E-state index contributed by atoms with van der Waals surface area (Å²) in [4.78, 5) is 11.8. The lowest BCUT2D eigenvalue weighted by atomic mass is 10.4. The number of hydrogen-bond acceptors (Lipinski definition) is 3. The predicted molar refractivity (Wildman–Crippen MR) is 60.0 cm³/mol. The van der Waals surface area contributed by atoms with Gasteiger partial charge in [0.25, 0.3) is 0 Å². The maximum absolute atomic E-state index is 11.7. The van der Waals surface area contributed by atoms with Gasteiger partial charge >= 0.3 is 12.1 Å². The minimum absolute atomic E-state index is 0.00420. The Balaban J connectivity index is 0. The van der Waals surface area contributed by atoms with E-state index in [1.54, 1.807) is 11.9 Å². The average molecular weight is 258 g/mol. The summed E-state index contributed by atoms with van der Waals surface area (Å²) in [6, 6.07) is 0. The van der Waals surface area contributed by atoms with Crippen molar-refractivity contribution in [2.45, 2.75) is 26.4 Å². The summed E-state index contributed by atoms with van der Waals surface area (Å²) in [7, 11) is 1.66. The van der Waals surface area contributed by atoms with Gasteiger partial charge in [0.15, 0.2) is 0 Å². The van der Waals surface area contributed by atoms with Crippen LogP contribution in [-0.2, 0) is 4.79 Å². The molecular formula is C10H21F3N2O2. The Morgan fingerprint density at radius 2 is 1.82 bits per heavy atom. The topological polar surface area (TPSA) is 52.6 Å². The van der Waals surface area contributed by atoms with E-state index in [1.165, 1.54) is 0 Å². The van der Waals surface area contributed by atoms with E-state index < -0.39 is 18.7 Å². The number of hydrogen-bond donors (Lipinski definition) is 2. The van der Waals surface area contributed by atoms with Crippen molar-refractivity contribution in [2.24, 2.45) is 0 Å². The fraction of sp³-hybridized carbons (Fsp3) is 0.900. The molecule has 104 valence electrons. The SMILES string of the molecule is CC.CN(CCNCC(F)(F)F)CCC(=O)O. The molecule has 0 spiro atoms. The number of rotatable bonds is 7. The summed E-state index contributed by atoms with van der Waals surface area (Å²) in [6.07, 6.45) is -4.20. The third kappa shape index (κ3) is 17.8. The van der Waals surface area contributed by atoms with Crippen molar-refractivity contribution in [1.29, 1.82) is 0 Å². The molecule has 7 heteroatoms. The largest absolute Gasteiger partial charge is 0.481 e. The number of halogens is 3. The maximum atomic E-state index is 11.7. The number of nitrogens with zero attached hydrogens (tertiary/aromatic N) is 1. The molecule has 0 saturated carbocycles. The van der Waals surface area contributed by atoms with E-state index in [0.717, 1.165) is 0 Å². The Morgan fingerprint density at radius 3 is 2.24 bits per heavy atom. The minimum Gasteiger partial charge on any atom is -0.481 e. The van der Waals surface area contributed by atoms with Gasteiger partial charge in [0.2, 0.25) is 0 Å². The van der Waals surface area contributed by atoms with Crippen LogP contribution in [0.5, 0.6) is 0 Å². The van der Waals surface area contributed by atoms with Crippen molar-refractivity contribution in [3.05, 3.63) is 0 Å². The highest BCUT2D eigenvalue weighted by atomic mass is 19.4. The number of carboxylic acid groups (broad SMARTS) is 1. The highest BCUT2D eigenvalue weighted by Crippen LogP contribution is 2.11. The molecule has 0 aromatic heterocycles. The van der Waals surface area contributed by atoms with Crippen LogP contribution in [0.15, 0.2) is 0 Å². The van der Waals surface area contributed by atoms with Crippen LogP contribution in [0.1, 0.15) is 20.3 Å². The Hall–Kier alpha value is -0.820. The van der Waals surface area contributed by atoms with Gasteiger partial charge in [0.05, 0.1) is 13.0 Å². The molecule has 0 aromatic rings. The van der Waals surface area contributed by atoms with Crippen molar-refractivity contribution in [2.75, 3.05) is 33.2 Å². The van der Waals surface area contributed by atoms with Crippen molar-refractivity contribution in [3.8, 4) is 0 Å². The molecule has 0 saturated heterocycles. The van der Waals surface area contributed by atoms with Gasteiger partial charge in [-0.15, -0.1) is 0 Å². The number of alkyl halides is 3. The lowest BCUT2D eigenvalue weighted by Gasteiger charge is -2.16. The molecule has 0 aromatic carbocycles. The molecule has 0 heterocycles. The summed E-state index contributed by atoms with van der Waals surface area (Å²) in [5, 5.41) is 10.6. The lowest BCUT2D eigenvalue weighted by molar-refractivity contribution is -0.137. The Morgan fingerprint density at radius 1 is 1.29 bits per heavy atom. The molecule has 4 nitrogen and oxygen atoms in total. The number of carbonyl (C=O) groups is 1. The number of carboxylic acids is 1. The highest BCUT2D eigenvalue weighted by molar-refractivity contribution is 5.66. The quantitative estimate of drug-likeness (QED) is 0.681. The molecule has 0 aliphatic rings. The molecule has 0 unspecified atom stereocenters. The van der Waals surface area contributed by atoms with E-state index in [-0.39, 0.29) is 13.0 Å². The summed E-state index contributed by atoms with van der Waals surface area (Å²) < 4.78 is 35.0. The summed E-state index contributed by atoms with van der Waals surface area (Å²) in [5.74, 6) is -0.912. The van der Waals surface area contributed by atoms with Crippen molar-refractivity contribution >= 4 is 5.97 Å². The van der Waals surface area contributed by atoms with E-state index in [9.17, 15) is 18.0 Å². The molecule has 0 radical (unpaired) electrons. The van der Waals surface area contributed by atoms with E-state index in [4.69, 9.17) is 5.11 Å². The second kappa shape index (κ2) is 10.3. The molecule has 0 aliphatic carbocycles. The Labute approximate surface area is 99.8 Å². The zero-order valence-electron chi connectivity index (χ0n) is 10.5. The summed E-state index contributed by atoms with van der Waals surface area (Å²) >= 11 is 0. The molecule has 0 rings (SSSR count). The van der Waals surface area contributed by atoms with Crippen molar-refractivity contribution < 1.29 is 23.1 Å². The molecule has 0 aliphatic heterocycles. The first-order chi connectivity index (χ1) is 7.81. The van der Waals surface area contributed by atoms with Gasteiger partial charge < -0.3 is 15.3 Å². The van der Waals surface area contributed by atoms with E-state index in [1.807, 2.05) is 13.8 Å². The van der Waals surface area contributed by atoms with Crippen LogP contribution in [0.2, 0.25) is 0 Å². The second-order valence-corrected chi connectivity index (χ2v) is 3.24. The first-order valence-corrected chi connectivity index (χ1v) is 5.49. The average Bonchev–Trinajstić information content (AvgIpc) is 2.23. The third-order valence-corrected chi connectivity index (χ3v) is 1.70. The van der Waals surface area contributed by atoms with Gasteiger partial charge in [-0.3, -0.25) is 4.79 Å². The smallest absolute Gasteiger partial charge is 0.401 e. The third-order valence-electron chi connectivity index (χ3n) is 1.70. The fourth-order valence-corrected chi connectivity index (χ4v) is 0.898. The van der Waals surface area contributed by atoms with Crippen LogP contribution in [0.3, 0.4) is 0 Å². The minimum atomic E-state index is -4.19. The standard InChI is InChI=1S/C8H15F3N2O2.C2H6/c1-13(4-2-7(14)15)5-3-12-6-8(9,10)11;1-2/h12H,2-6H2,1H3,(H,14,15);1-2H3. The van der Waals surface area contributed by atoms with E-state index in [2.05, 4.69) is 5.32 Å². The van der Waals surface area contributed by atoms with Crippen molar-refractivity contribution in [1.82, 2.24) is 10.2 Å². The first-order valence-electron chi connectivity index (χ1n) is 5.49. The van der Waals surface area contributed by atoms with Gasteiger partial charge in [-0.2, -0.15) is 13.2 Å². The molecule has 2 N–H and O–H groups in total. The van der Waals surface area contributed by atoms with Crippen LogP contribution in [0.25, 0.3) is 0 Å². The highest BCUT2D eigenvalue weighted by Gasteiger charge is 2.25. The zero-order valence-corrected chi connectivity index (χ0v) is 10.5. The fourth-order valence-electron chi connectivity index (χ4n) is 0.898. The maximum Gasteiger partial charge on any atom is 0.401 e. The van der Waals surface area contributed by atoms with Crippen LogP contribution >= 0.6 is 0 Å². The van der Waals surface area contributed by atoms with Gasteiger partial charge in [-0.05, 0) is 7.05 Å². The molecule has 0 atom stereocenters. The molecular weight excluding hydrogens is 237 g/mol. The number of aliphatic carboxylic acids is 1. The second-order valence-electron chi connectivity index (χ2n) is 3.24. The van der Waals surface area contributed by atoms with E-state index in [0.29, 0.717) is 13.1 Å². The Bertz CT molecular complexity index is 198. The van der Waals surface area contributed by atoms with Crippen LogP contribution in [0, 0.1) is 0 Å². The number of nitrogens with one attached hydrogen (secondary N) is 1. The van der Waals surface area contributed by atoms with Gasteiger partial charge in [0.1, 0.15) is 0 Å². The van der Waals surface area contributed by atoms with Crippen LogP contribution in [-0.4, -0.2) is 55.4 Å². The van der Waals surface area contributed by atoms with Gasteiger partial charge in [0, 0.05) is 19.6 Å². The van der Waals surface area contributed by atoms with Crippen LogP contribution in [0.4, 0.5) is 13.2 Å². The van der Waals surface area contributed by atoms with Gasteiger partial charge in [-0.25, -0.2) is 0 Å². The summed E-state index contributed by atoms with van der Waals surface area (Å²) in [6.45, 7) is 3.90. The first kappa shape index (κ1) is 18.5. The zero-order chi connectivity index (χ0) is 13.9. The van der Waals surface area contributed by atoms with Gasteiger partial charge in [-0.1, -0.05) is 13.8 Å². The predicted octanol–water partition coefficient (Wildman–Crippen LogP) is 1.57. The molecule has 0 amide bonds. The monoisotopic (exact) mass is 258 g/mol.